The molecule has 0 radical (unpaired) electrons. The van der Waals surface area contributed by atoms with Crippen molar-refractivity contribution >= 4 is 0 Å². The van der Waals surface area contributed by atoms with Crippen LogP contribution in [0.25, 0.3) is 0 Å². The van der Waals surface area contributed by atoms with E-state index in [2.05, 4.69) is 0 Å². The molecular weight excluding hydrogens is 241 g/mol. The van der Waals surface area contributed by atoms with E-state index in [0.717, 1.165) is 11.3 Å². The van der Waals surface area contributed by atoms with Crippen LogP contribution in [0.15, 0.2) is 48.5 Å². The normalized spacial score (nSPS) is 12.5. The molecule has 1 unspecified atom stereocenters. The summed E-state index contributed by atoms with van der Waals surface area (Å²) in [7, 11) is 0. The third-order valence-electron chi connectivity index (χ3n) is 2.85. The van der Waals surface area contributed by atoms with Gasteiger partial charge in [0.1, 0.15) is 11.6 Å². The SMILES string of the molecule is CC(C)Oc1ccc(C(N)c2ccccc2F)cc1. The predicted molar refractivity (Wildman–Crippen MR) is 74.6 cm³/mol. The van der Waals surface area contributed by atoms with Crippen molar-refractivity contribution in [1.29, 1.82) is 0 Å². The Labute approximate surface area is 113 Å². The van der Waals surface area contributed by atoms with Crippen molar-refractivity contribution in [1.82, 2.24) is 0 Å². The number of ether oxygens (including phenoxy) is 1. The first-order valence-electron chi connectivity index (χ1n) is 6.34. The number of hydrogen-bond donors (Lipinski definition) is 1. The summed E-state index contributed by atoms with van der Waals surface area (Å²) >= 11 is 0. The van der Waals surface area contributed by atoms with Gasteiger partial charge in [0.05, 0.1) is 12.1 Å². The summed E-state index contributed by atoms with van der Waals surface area (Å²) in [6, 6.07) is 13.6. The minimum Gasteiger partial charge on any atom is -0.491 e. The van der Waals surface area contributed by atoms with Crippen molar-refractivity contribution in [3.8, 4) is 5.75 Å². The van der Waals surface area contributed by atoms with Crippen LogP contribution in [0, 0.1) is 5.82 Å². The van der Waals surface area contributed by atoms with Crippen LogP contribution in [0.2, 0.25) is 0 Å². The Morgan fingerprint density at radius 1 is 1.00 bits per heavy atom. The Morgan fingerprint density at radius 3 is 2.21 bits per heavy atom. The van der Waals surface area contributed by atoms with Crippen LogP contribution in [0.3, 0.4) is 0 Å². The molecule has 2 rings (SSSR count). The van der Waals surface area contributed by atoms with Gasteiger partial charge >= 0.3 is 0 Å². The molecule has 0 aromatic heterocycles. The molecule has 0 aliphatic heterocycles. The number of rotatable bonds is 4. The second kappa shape index (κ2) is 5.85. The standard InChI is InChI=1S/C16H18FNO/c1-11(2)19-13-9-7-12(8-10-13)16(18)14-5-3-4-6-15(14)17/h3-11,16H,18H2,1-2H3. The van der Waals surface area contributed by atoms with Gasteiger partial charge in [-0.1, -0.05) is 30.3 Å². The van der Waals surface area contributed by atoms with E-state index in [0.29, 0.717) is 5.56 Å². The third kappa shape index (κ3) is 3.32. The van der Waals surface area contributed by atoms with Crippen LogP contribution in [-0.4, -0.2) is 6.10 Å². The summed E-state index contributed by atoms with van der Waals surface area (Å²) in [5, 5.41) is 0. The molecule has 100 valence electrons. The Kier molecular flexibility index (Phi) is 4.17. The lowest BCUT2D eigenvalue weighted by molar-refractivity contribution is 0.242. The van der Waals surface area contributed by atoms with Gasteiger partial charge in [-0.15, -0.1) is 0 Å². The monoisotopic (exact) mass is 259 g/mol. The zero-order valence-corrected chi connectivity index (χ0v) is 11.1. The molecule has 0 saturated heterocycles. The third-order valence-corrected chi connectivity index (χ3v) is 2.85. The minimum atomic E-state index is -0.464. The average Bonchev–Trinajstić information content (AvgIpc) is 2.39. The average molecular weight is 259 g/mol. The first kappa shape index (κ1) is 13.6. The van der Waals surface area contributed by atoms with Gasteiger partial charge in [-0.25, -0.2) is 4.39 Å². The molecule has 3 heteroatoms. The molecule has 2 N–H and O–H groups in total. The van der Waals surface area contributed by atoms with E-state index in [9.17, 15) is 4.39 Å². The van der Waals surface area contributed by atoms with Crippen molar-refractivity contribution in [2.75, 3.05) is 0 Å². The van der Waals surface area contributed by atoms with Gasteiger partial charge in [0.25, 0.3) is 0 Å². The maximum atomic E-state index is 13.7. The molecule has 2 aromatic rings. The summed E-state index contributed by atoms with van der Waals surface area (Å²) in [6.45, 7) is 3.94. The molecule has 2 nitrogen and oxygen atoms in total. The van der Waals surface area contributed by atoms with Gasteiger partial charge in [0.2, 0.25) is 0 Å². The summed E-state index contributed by atoms with van der Waals surface area (Å²) in [4.78, 5) is 0. The number of benzene rings is 2. The highest BCUT2D eigenvalue weighted by molar-refractivity contribution is 5.35. The van der Waals surface area contributed by atoms with Crippen LogP contribution < -0.4 is 10.5 Å². The first-order chi connectivity index (χ1) is 9.08. The number of hydrogen-bond acceptors (Lipinski definition) is 2. The van der Waals surface area contributed by atoms with E-state index in [1.807, 2.05) is 38.1 Å². The zero-order chi connectivity index (χ0) is 13.8. The van der Waals surface area contributed by atoms with Gasteiger partial charge in [-0.2, -0.15) is 0 Å². The van der Waals surface area contributed by atoms with Crippen LogP contribution >= 0.6 is 0 Å². The Morgan fingerprint density at radius 2 is 1.63 bits per heavy atom. The molecule has 0 aliphatic rings. The maximum absolute atomic E-state index is 13.7. The fraction of sp³-hybridized carbons (Fsp3) is 0.250. The van der Waals surface area contributed by atoms with E-state index in [1.54, 1.807) is 18.2 Å². The van der Waals surface area contributed by atoms with E-state index in [4.69, 9.17) is 10.5 Å². The summed E-state index contributed by atoms with van der Waals surface area (Å²) in [5.74, 6) is 0.511. The molecule has 0 aliphatic carbocycles. The maximum Gasteiger partial charge on any atom is 0.128 e. The topological polar surface area (TPSA) is 35.2 Å². The first-order valence-corrected chi connectivity index (χ1v) is 6.34. The molecule has 0 spiro atoms. The molecule has 0 amide bonds. The van der Waals surface area contributed by atoms with Crippen molar-refractivity contribution in [3.05, 3.63) is 65.5 Å². The van der Waals surface area contributed by atoms with Crippen LogP contribution in [0.4, 0.5) is 4.39 Å². The van der Waals surface area contributed by atoms with Gasteiger partial charge in [-0.05, 0) is 37.6 Å². The minimum absolute atomic E-state index is 0.131. The smallest absolute Gasteiger partial charge is 0.128 e. The highest BCUT2D eigenvalue weighted by Gasteiger charge is 2.12. The quantitative estimate of drug-likeness (QED) is 0.909. The van der Waals surface area contributed by atoms with Gasteiger partial charge in [-0.3, -0.25) is 0 Å². The lowest BCUT2D eigenvalue weighted by Crippen LogP contribution is -2.13. The summed E-state index contributed by atoms with van der Waals surface area (Å²) < 4.78 is 19.2. The molecule has 19 heavy (non-hydrogen) atoms. The zero-order valence-electron chi connectivity index (χ0n) is 11.1. The molecule has 0 saturated carbocycles. The second-order valence-electron chi connectivity index (χ2n) is 4.73. The van der Waals surface area contributed by atoms with Crippen LogP contribution in [-0.2, 0) is 0 Å². The van der Waals surface area contributed by atoms with E-state index in [-0.39, 0.29) is 11.9 Å². The Hall–Kier alpha value is -1.87. The number of nitrogens with two attached hydrogens (primary N) is 1. The van der Waals surface area contributed by atoms with E-state index in [1.165, 1.54) is 6.07 Å². The highest BCUT2D eigenvalue weighted by atomic mass is 19.1. The molecule has 0 fully saturated rings. The molecular formula is C16H18FNO. The van der Waals surface area contributed by atoms with E-state index < -0.39 is 6.04 Å². The molecule has 0 bridgehead atoms. The summed E-state index contributed by atoms with van der Waals surface area (Å²) in [6.07, 6.45) is 0.131. The largest absolute Gasteiger partial charge is 0.491 e. The van der Waals surface area contributed by atoms with Crippen LogP contribution in [0.1, 0.15) is 31.0 Å². The fourth-order valence-electron chi connectivity index (χ4n) is 1.93. The van der Waals surface area contributed by atoms with Crippen molar-refractivity contribution in [3.63, 3.8) is 0 Å². The van der Waals surface area contributed by atoms with Crippen molar-refractivity contribution < 1.29 is 9.13 Å². The lowest BCUT2D eigenvalue weighted by Gasteiger charge is -2.15. The fourth-order valence-corrected chi connectivity index (χ4v) is 1.93. The lowest BCUT2D eigenvalue weighted by atomic mass is 9.99. The molecule has 1 atom stereocenters. The molecule has 0 heterocycles. The van der Waals surface area contributed by atoms with E-state index >= 15 is 0 Å². The van der Waals surface area contributed by atoms with Gasteiger partial charge < -0.3 is 10.5 Å². The summed E-state index contributed by atoms with van der Waals surface area (Å²) in [5.41, 5.74) is 7.45. The van der Waals surface area contributed by atoms with Crippen molar-refractivity contribution in [2.45, 2.75) is 26.0 Å². The highest BCUT2D eigenvalue weighted by Crippen LogP contribution is 2.24. The molecule has 2 aromatic carbocycles. The Bertz CT molecular complexity index is 537. The van der Waals surface area contributed by atoms with Crippen molar-refractivity contribution in [2.24, 2.45) is 5.73 Å². The van der Waals surface area contributed by atoms with Gasteiger partial charge in [0, 0.05) is 5.56 Å². The number of halogens is 1. The second-order valence-corrected chi connectivity index (χ2v) is 4.73. The van der Waals surface area contributed by atoms with Gasteiger partial charge in [0.15, 0.2) is 0 Å². The Balaban J connectivity index is 2.20. The predicted octanol–water partition coefficient (Wildman–Crippen LogP) is 3.66. The van der Waals surface area contributed by atoms with Crippen LogP contribution in [0.5, 0.6) is 5.75 Å².